The van der Waals surface area contributed by atoms with E-state index in [0.29, 0.717) is 18.0 Å². The maximum Gasteiger partial charge on any atom is 0.122 e. The molecule has 4 heteroatoms. The highest BCUT2D eigenvalue weighted by Gasteiger charge is 2.49. The van der Waals surface area contributed by atoms with E-state index in [4.69, 9.17) is 4.74 Å². The molecule has 1 unspecified atom stereocenters. The fourth-order valence-corrected chi connectivity index (χ4v) is 2.67. The Morgan fingerprint density at radius 1 is 1.37 bits per heavy atom. The Kier molecular flexibility index (Phi) is 4.83. The maximum atomic E-state index is 9.75. The summed E-state index contributed by atoms with van der Waals surface area (Å²) in [6.45, 7) is 6.85. The lowest BCUT2D eigenvalue weighted by Gasteiger charge is -2.36. The van der Waals surface area contributed by atoms with Crippen LogP contribution in [0.4, 0.5) is 0 Å². The zero-order valence-corrected chi connectivity index (χ0v) is 12.5. The summed E-state index contributed by atoms with van der Waals surface area (Å²) in [4.78, 5) is 2.38. The van der Waals surface area contributed by atoms with E-state index >= 15 is 0 Å². The molecule has 4 nitrogen and oxygen atoms in total. The highest BCUT2D eigenvalue weighted by Crippen LogP contribution is 2.42. The minimum absolute atomic E-state index is 0.334. The van der Waals surface area contributed by atoms with Gasteiger partial charge in [0.1, 0.15) is 5.54 Å². The van der Waals surface area contributed by atoms with Crippen molar-refractivity contribution < 1.29 is 4.74 Å². The SMILES string of the molecule is COCCN(CC(C#N)(NC1CC1)C1CC1)C(C)C. The standard InChI is InChI=1S/C15H27N3O/c1-12(2)18(8-9-19-3)11-15(10-16,13-4-5-13)17-14-6-7-14/h12-14,17H,4-9,11H2,1-3H3. The van der Waals surface area contributed by atoms with Gasteiger partial charge in [0.15, 0.2) is 0 Å². The summed E-state index contributed by atoms with van der Waals surface area (Å²) >= 11 is 0. The van der Waals surface area contributed by atoms with Gasteiger partial charge in [0, 0.05) is 32.3 Å². The Balaban J connectivity index is 2.01. The third-order valence-corrected chi connectivity index (χ3v) is 4.28. The summed E-state index contributed by atoms with van der Waals surface area (Å²) in [5.41, 5.74) is -0.334. The number of ether oxygens (including phenoxy) is 1. The molecule has 0 saturated heterocycles. The van der Waals surface area contributed by atoms with Crippen LogP contribution in [-0.2, 0) is 4.74 Å². The Labute approximate surface area is 117 Å². The molecule has 1 N–H and O–H groups in total. The van der Waals surface area contributed by atoms with Crippen LogP contribution in [0.5, 0.6) is 0 Å². The van der Waals surface area contributed by atoms with Crippen molar-refractivity contribution in [3.63, 3.8) is 0 Å². The third-order valence-electron chi connectivity index (χ3n) is 4.28. The van der Waals surface area contributed by atoms with Gasteiger partial charge in [0.2, 0.25) is 0 Å². The van der Waals surface area contributed by atoms with Gasteiger partial charge in [-0.1, -0.05) is 0 Å². The largest absolute Gasteiger partial charge is 0.383 e. The first kappa shape index (κ1) is 14.8. The second-order valence-corrected chi connectivity index (χ2v) is 6.33. The van der Waals surface area contributed by atoms with Crippen molar-refractivity contribution in [2.75, 3.05) is 26.8 Å². The molecule has 2 fully saturated rings. The smallest absolute Gasteiger partial charge is 0.122 e. The predicted molar refractivity (Wildman–Crippen MR) is 75.8 cm³/mol. The topological polar surface area (TPSA) is 48.3 Å². The number of hydrogen-bond acceptors (Lipinski definition) is 4. The minimum Gasteiger partial charge on any atom is -0.383 e. The lowest BCUT2D eigenvalue weighted by molar-refractivity contribution is 0.106. The number of hydrogen-bond donors (Lipinski definition) is 1. The lowest BCUT2D eigenvalue weighted by atomic mass is 9.93. The van der Waals surface area contributed by atoms with Gasteiger partial charge in [-0.25, -0.2) is 0 Å². The molecule has 0 spiro atoms. The van der Waals surface area contributed by atoms with Crippen molar-refractivity contribution in [2.45, 2.75) is 57.2 Å². The molecular weight excluding hydrogens is 238 g/mol. The highest BCUT2D eigenvalue weighted by atomic mass is 16.5. The van der Waals surface area contributed by atoms with Crippen LogP contribution in [0.2, 0.25) is 0 Å². The number of methoxy groups -OCH3 is 1. The maximum absolute atomic E-state index is 9.75. The highest BCUT2D eigenvalue weighted by molar-refractivity contribution is 5.18. The van der Waals surface area contributed by atoms with Gasteiger partial charge in [0.05, 0.1) is 12.7 Å². The molecule has 2 aliphatic carbocycles. The molecule has 0 aromatic rings. The van der Waals surface area contributed by atoms with Crippen molar-refractivity contribution in [2.24, 2.45) is 5.92 Å². The molecule has 0 amide bonds. The van der Waals surface area contributed by atoms with Gasteiger partial charge in [0.25, 0.3) is 0 Å². The summed E-state index contributed by atoms with van der Waals surface area (Å²) in [6.07, 6.45) is 4.86. The number of nitriles is 1. The lowest BCUT2D eigenvalue weighted by Crippen LogP contribution is -2.57. The zero-order chi connectivity index (χ0) is 13.9. The molecule has 2 aliphatic rings. The Morgan fingerprint density at radius 3 is 2.47 bits per heavy atom. The molecule has 2 saturated carbocycles. The van der Waals surface area contributed by atoms with Gasteiger partial charge in [-0.15, -0.1) is 0 Å². The van der Waals surface area contributed by atoms with Gasteiger partial charge in [-0.3, -0.25) is 10.2 Å². The monoisotopic (exact) mass is 265 g/mol. The van der Waals surface area contributed by atoms with E-state index in [0.717, 1.165) is 19.7 Å². The molecule has 2 rings (SSSR count). The van der Waals surface area contributed by atoms with E-state index in [9.17, 15) is 5.26 Å². The van der Waals surface area contributed by atoms with Crippen LogP contribution in [0.15, 0.2) is 0 Å². The van der Waals surface area contributed by atoms with Crippen LogP contribution in [-0.4, -0.2) is 49.3 Å². The molecule has 108 valence electrons. The molecule has 0 heterocycles. The summed E-state index contributed by atoms with van der Waals surface area (Å²) in [5.74, 6) is 0.543. The van der Waals surface area contributed by atoms with E-state index in [-0.39, 0.29) is 5.54 Å². The molecule has 0 aromatic heterocycles. The summed E-state index contributed by atoms with van der Waals surface area (Å²) in [5, 5.41) is 13.4. The van der Waals surface area contributed by atoms with E-state index in [1.54, 1.807) is 7.11 Å². The van der Waals surface area contributed by atoms with Crippen molar-refractivity contribution in [3.8, 4) is 6.07 Å². The van der Waals surface area contributed by atoms with Gasteiger partial charge < -0.3 is 4.74 Å². The molecule has 0 aliphatic heterocycles. The van der Waals surface area contributed by atoms with Gasteiger partial charge in [-0.2, -0.15) is 5.26 Å². The Hall–Kier alpha value is -0.630. The first-order valence-corrected chi connectivity index (χ1v) is 7.53. The van der Waals surface area contributed by atoms with E-state index in [1.165, 1.54) is 25.7 Å². The molecule has 1 atom stereocenters. The van der Waals surface area contributed by atoms with Crippen molar-refractivity contribution in [1.29, 1.82) is 5.26 Å². The van der Waals surface area contributed by atoms with Crippen LogP contribution in [0.3, 0.4) is 0 Å². The van der Waals surface area contributed by atoms with Crippen LogP contribution in [0.25, 0.3) is 0 Å². The van der Waals surface area contributed by atoms with Crippen LogP contribution < -0.4 is 5.32 Å². The summed E-state index contributed by atoms with van der Waals surface area (Å²) in [7, 11) is 1.74. The summed E-state index contributed by atoms with van der Waals surface area (Å²) in [6, 6.07) is 3.64. The Morgan fingerprint density at radius 2 is 2.05 bits per heavy atom. The zero-order valence-electron chi connectivity index (χ0n) is 12.5. The average Bonchev–Trinajstić information content (AvgIpc) is 3.25. The van der Waals surface area contributed by atoms with Crippen LogP contribution in [0, 0.1) is 17.2 Å². The van der Waals surface area contributed by atoms with Crippen molar-refractivity contribution >= 4 is 0 Å². The van der Waals surface area contributed by atoms with Crippen LogP contribution in [0.1, 0.15) is 39.5 Å². The molecule has 19 heavy (non-hydrogen) atoms. The molecule has 0 radical (unpaired) electrons. The van der Waals surface area contributed by atoms with E-state index in [1.807, 2.05) is 0 Å². The second-order valence-electron chi connectivity index (χ2n) is 6.33. The summed E-state index contributed by atoms with van der Waals surface area (Å²) < 4.78 is 5.20. The van der Waals surface area contributed by atoms with Gasteiger partial charge >= 0.3 is 0 Å². The molecule has 0 aromatic carbocycles. The minimum atomic E-state index is -0.334. The quantitative estimate of drug-likeness (QED) is 0.690. The first-order valence-electron chi connectivity index (χ1n) is 7.53. The van der Waals surface area contributed by atoms with Gasteiger partial charge in [-0.05, 0) is 45.4 Å². The third kappa shape index (κ3) is 3.92. The van der Waals surface area contributed by atoms with Crippen molar-refractivity contribution in [1.82, 2.24) is 10.2 Å². The normalized spacial score (nSPS) is 22.5. The second kappa shape index (κ2) is 6.21. The fraction of sp³-hybridized carbons (Fsp3) is 0.933. The number of nitrogens with one attached hydrogen (secondary N) is 1. The number of nitrogens with zero attached hydrogens (tertiary/aromatic N) is 2. The first-order chi connectivity index (χ1) is 9.11. The van der Waals surface area contributed by atoms with E-state index in [2.05, 4.69) is 30.1 Å². The number of rotatable bonds is 9. The fourth-order valence-electron chi connectivity index (χ4n) is 2.67. The van der Waals surface area contributed by atoms with E-state index < -0.39 is 0 Å². The Bertz CT molecular complexity index is 331. The molecule has 0 bridgehead atoms. The molecular formula is C15H27N3O. The van der Waals surface area contributed by atoms with Crippen molar-refractivity contribution in [3.05, 3.63) is 0 Å². The van der Waals surface area contributed by atoms with Crippen LogP contribution >= 0.6 is 0 Å². The average molecular weight is 265 g/mol. The predicted octanol–water partition coefficient (Wildman–Crippen LogP) is 1.77.